The maximum atomic E-state index is 10.9. The first kappa shape index (κ1) is 14.6. The van der Waals surface area contributed by atoms with Gasteiger partial charge in [-0.25, -0.2) is 4.31 Å². The molecule has 0 saturated heterocycles. The van der Waals surface area contributed by atoms with Crippen molar-refractivity contribution in [3.8, 4) is 0 Å². The molecule has 3 unspecified atom stereocenters. The van der Waals surface area contributed by atoms with E-state index >= 15 is 0 Å². The van der Waals surface area contributed by atoms with Crippen molar-refractivity contribution in [3.05, 3.63) is 0 Å². The number of halogens is 2. The van der Waals surface area contributed by atoms with Crippen molar-refractivity contribution in [3.63, 3.8) is 0 Å². The number of rotatable bonds is 7. The Hall–Kier alpha value is 0.650. The summed E-state index contributed by atoms with van der Waals surface area (Å²) in [6.07, 6.45) is 2.89. The minimum Gasteiger partial charge on any atom is -0.759 e. The molecule has 0 rings (SSSR count). The van der Waals surface area contributed by atoms with Crippen LogP contribution in [-0.4, -0.2) is 24.1 Å². The lowest BCUT2D eigenvalue weighted by Crippen LogP contribution is -2.38. The molecule has 0 heterocycles. The van der Waals surface area contributed by atoms with Crippen LogP contribution in [0, 0.1) is 0 Å². The summed E-state index contributed by atoms with van der Waals surface area (Å²) in [5.41, 5.74) is -1.07. The quantitative estimate of drug-likeness (QED) is 0.402. The molecular weight excluding hydrogens is 245 g/mol. The van der Waals surface area contributed by atoms with E-state index in [1.165, 1.54) is 0 Å². The first-order chi connectivity index (χ1) is 6.54. The highest BCUT2D eigenvalue weighted by Crippen LogP contribution is 2.21. The van der Waals surface area contributed by atoms with E-state index in [1.807, 2.05) is 13.8 Å². The largest absolute Gasteiger partial charge is 0.759 e. The number of nitrogens with zero attached hydrogens (tertiary/aromatic N) is 1. The summed E-state index contributed by atoms with van der Waals surface area (Å²) in [7, 11) is 0. The van der Waals surface area contributed by atoms with Gasteiger partial charge in [0, 0.05) is 11.3 Å². The van der Waals surface area contributed by atoms with Gasteiger partial charge in [-0.3, -0.25) is 4.21 Å². The second kappa shape index (κ2) is 7.88. The van der Waals surface area contributed by atoms with Gasteiger partial charge in [0.1, 0.15) is 0 Å². The molecule has 0 aromatic heterocycles. The van der Waals surface area contributed by atoms with Crippen molar-refractivity contribution in [1.29, 1.82) is 0 Å². The zero-order valence-corrected chi connectivity index (χ0v) is 10.7. The van der Waals surface area contributed by atoms with Crippen LogP contribution < -0.4 is 0 Å². The highest BCUT2D eigenvalue weighted by Gasteiger charge is 2.23. The Kier molecular flexibility index (Phi) is 8.25. The van der Waals surface area contributed by atoms with Crippen molar-refractivity contribution in [2.45, 2.75) is 50.5 Å². The van der Waals surface area contributed by atoms with Gasteiger partial charge in [-0.05, 0) is 12.8 Å². The Morgan fingerprint density at radius 2 is 1.57 bits per heavy atom. The average molecular weight is 261 g/mol. The van der Waals surface area contributed by atoms with Crippen LogP contribution in [-0.2, 0) is 11.3 Å². The van der Waals surface area contributed by atoms with Gasteiger partial charge in [0.05, 0.1) is 11.0 Å². The average Bonchev–Trinajstić information content (AvgIpc) is 2.04. The number of alkyl halides is 2. The molecule has 0 aliphatic heterocycles. The molecule has 3 nitrogen and oxygen atoms in total. The molecule has 0 amide bonds. The lowest BCUT2D eigenvalue weighted by atomic mass is 10.3. The third-order valence-corrected chi connectivity index (χ3v) is 3.72. The Morgan fingerprint density at radius 3 is 1.79 bits per heavy atom. The molecule has 0 aromatic carbocycles. The number of hydrogen-bond acceptors (Lipinski definition) is 2. The summed E-state index contributed by atoms with van der Waals surface area (Å²) in [4.78, 5) is 0. The molecule has 0 fully saturated rings. The topological polar surface area (TPSA) is 43.4 Å². The summed E-state index contributed by atoms with van der Waals surface area (Å²) in [6.45, 7) is 3.90. The van der Waals surface area contributed by atoms with Crippen LogP contribution in [0.25, 0.3) is 0 Å². The van der Waals surface area contributed by atoms with Crippen LogP contribution in [0.2, 0.25) is 0 Å². The van der Waals surface area contributed by atoms with Crippen LogP contribution in [0.1, 0.15) is 39.5 Å². The maximum Gasteiger partial charge on any atom is 0.0972 e. The zero-order chi connectivity index (χ0) is 11.1. The smallest absolute Gasteiger partial charge is 0.0972 e. The molecular formula is C8H16Cl2NO2S-. The summed E-state index contributed by atoms with van der Waals surface area (Å²) in [6, 6.07) is 0. The van der Waals surface area contributed by atoms with E-state index in [4.69, 9.17) is 23.2 Å². The van der Waals surface area contributed by atoms with E-state index in [1.54, 1.807) is 0 Å². The normalized spacial score (nSPS) is 18.1. The number of hydrogen-bond donors (Lipinski definition) is 0. The van der Waals surface area contributed by atoms with Crippen molar-refractivity contribution in [2.75, 3.05) is 0 Å². The zero-order valence-electron chi connectivity index (χ0n) is 8.41. The van der Waals surface area contributed by atoms with Crippen LogP contribution >= 0.6 is 23.2 Å². The van der Waals surface area contributed by atoms with Gasteiger partial charge in [0.25, 0.3) is 0 Å². The molecule has 0 radical (unpaired) electrons. The molecule has 0 aromatic rings. The van der Waals surface area contributed by atoms with Gasteiger partial charge in [0.2, 0.25) is 0 Å². The van der Waals surface area contributed by atoms with Crippen molar-refractivity contribution >= 4 is 34.5 Å². The van der Waals surface area contributed by atoms with Gasteiger partial charge in [-0.15, -0.1) is 23.2 Å². The van der Waals surface area contributed by atoms with E-state index < -0.39 is 22.3 Å². The van der Waals surface area contributed by atoms with E-state index in [-0.39, 0.29) is 0 Å². The van der Waals surface area contributed by atoms with Crippen LogP contribution in [0.5, 0.6) is 0 Å². The fourth-order valence-corrected chi connectivity index (χ4v) is 2.83. The maximum absolute atomic E-state index is 10.9. The monoisotopic (exact) mass is 260 g/mol. The first-order valence-corrected chi connectivity index (χ1v) is 6.60. The molecule has 3 atom stereocenters. The van der Waals surface area contributed by atoms with Gasteiger partial charge in [-0.2, -0.15) is 0 Å². The molecule has 0 N–H and O–H groups in total. The molecule has 0 spiro atoms. The first-order valence-electron chi connectivity index (χ1n) is 4.70. The SMILES string of the molecule is CCCC(Cl)N(C(Cl)CCC)S(=O)[O-]. The molecule has 14 heavy (non-hydrogen) atoms. The molecule has 0 saturated carbocycles. The van der Waals surface area contributed by atoms with Gasteiger partial charge in [-0.1, -0.05) is 26.7 Å². The van der Waals surface area contributed by atoms with E-state index in [9.17, 15) is 8.76 Å². The summed E-state index contributed by atoms with van der Waals surface area (Å²) >= 11 is 9.49. The fraction of sp³-hybridized carbons (Fsp3) is 1.00. The highest BCUT2D eigenvalue weighted by atomic mass is 35.5. The molecule has 0 aliphatic carbocycles. The second-order valence-electron chi connectivity index (χ2n) is 3.02. The third-order valence-electron chi connectivity index (χ3n) is 1.78. The van der Waals surface area contributed by atoms with Crippen LogP contribution in [0.3, 0.4) is 0 Å². The fourth-order valence-electron chi connectivity index (χ4n) is 1.09. The van der Waals surface area contributed by atoms with E-state index in [0.29, 0.717) is 12.8 Å². The van der Waals surface area contributed by atoms with Gasteiger partial charge in [0.15, 0.2) is 0 Å². The Bertz CT molecular complexity index is 171. The molecule has 6 heteroatoms. The third kappa shape index (κ3) is 4.94. The highest BCUT2D eigenvalue weighted by molar-refractivity contribution is 7.76. The standard InChI is InChI=1S/C8H17Cl2NO2S/c1-3-5-7(9)11(14(12)13)8(10)6-4-2/h7-8H,3-6H2,1-2H3,(H,12,13)/p-1. The van der Waals surface area contributed by atoms with Crippen molar-refractivity contribution in [1.82, 2.24) is 4.31 Å². The molecule has 0 aliphatic rings. The lowest BCUT2D eigenvalue weighted by molar-refractivity contribution is 0.324. The van der Waals surface area contributed by atoms with E-state index in [0.717, 1.165) is 17.1 Å². The van der Waals surface area contributed by atoms with Crippen LogP contribution in [0.4, 0.5) is 0 Å². The van der Waals surface area contributed by atoms with E-state index in [2.05, 4.69) is 0 Å². The Morgan fingerprint density at radius 1 is 1.21 bits per heavy atom. The Labute approximate surface area is 98.2 Å². The van der Waals surface area contributed by atoms with Gasteiger partial charge >= 0.3 is 0 Å². The lowest BCUT2D eigenvalue weighted by Gasteiger charge is -2.32. The second-order valence-corrected chi connectivity index (χ2v) is 4.89. The molecule has 86 valence electrons. The van der Waals surface area contributed by atoms with Crippen LogP contribution in [0.15, 0.2) is 0 Å². The molecule has 0 bridgehead atoms. The predicted molar refractivity (Wildman–Crippen MR) is 59.9 cm³/mol. The van der Waals surface area contributed by atoms with Crippen molar-refractivity contribution in [2.24, 2.45) is 0 Å². The summed E-state index contributed by atoms with van der Waals surface area (Å²) in [5, 5.41) is 0. The van der Waals surface area contributed by atoms with Gasteiger partial charge < -0.3 is 4.55 Å². The minimum atomic E-state index is -2.35. The summed E-state index contributed by atoms with van der Waals surface area (Å²) in [5.74, 6) is 0. The summed E-state index contributed by atoms with van der Waals surface area (Å²) < 4.78 is 22.9. The minimum absolute atomic E-state index is 0.535. The predicted octanol–water partition coefficient (Wildman–Crippen LogP) is 2.81. The Balaban J connectivity index is 4.33. The van der Waals surface area contributed by atoms with Crippen molar-refractivity contribution < 1.29 is 8.76 Å².